The molecule has 0 saturated carbocycles. The zero-order chi connectivity index (χ0) is 15.5. The minimum absolute atomic E-state index is 0.0390. The number of anilines is 3. The first-order valence-corrected chi connectivity index (χ1v) is 7.39. The number of carbonyl (C=O) groups excluding carboxylic acids is 1. The van der Waals surface area contributed by atoms with Gasteiger partial charge in [-0.05, 0) is 43.7 Å². The average Bonchev–Trinajstić information content (AvgIpc) is 3.01. The molecule has 0 saturated heterocycles. The molecule has 5 heteroatoms. The number of likely N-dealkylation sites (N-methyl/N-ethyl adjacent to an activating group) is 1. The lowest BCUT2D eigenvalue weighted by Crippen LogP contribution is -2.33. The zero-order valence-corrected chi connectivity index (χ0v) is 12.8. The molecule has 112 valence electrons. The number of rotatable bonds is 1. The third-order valence-corrected chi connectivity index (χ3v) is 4.59. The molecule has 0 bridgehead atoms. The van der Waals surface area contributed by atoms with E-state index in [-0.39, 0.29) is 12.1 Å². The number of nitrogens with one attached hydrogen (secondary N) is 2. The molecule has 5 nitrogen and oxygen atoms in total. The summed E-state index contributed by atoms with van der Waals surface area (Å²) in [5, 5.41) is 6.88. The van der Waals surface area contributed by atoms with Crippen LogP contribution in [-0.2, 0) is 10.2 Å². The van der Waals surface area contributed by atoms with Gasteiger partial charge in [-0.25, -0.2) is 0 Å². The standard InChI is InChI=1S/C17H18N4O/c1-17(2)10-8-12-13(9-14(10)21(3)16(17)22)20-15(19-12)11-6-4-5-7-18-11/h4-9,15,19-20H,1-3H3. The number of amides is 1. The van der Waals surface area contributed by atoms with Crippen LogP contribution < -0.4 is 15.5 Å². The normalized spacial score (nSPS) is 21.1. The van der Waals surface area contributed by atoms with Crippen LogP contribution in [-0.4, -0.2) is 17.9 Å². The van der Waals surface area contributed by atoms with Gasteiger partial charge in [-0.2, -0.15) is 0 Å². The third-order valence-electron chi connectivity index (χ3n) is 4.59. The fraction of sp³-hybridized carbons (Fsp3) is 0.294. The molecule has 0 radical (unpaired) electrons. The zero-order valence-electron chi connectivity index (χ0n) is 12.8. The van der Waals surface area contributed by atoms with Crippen LogP contribution in [0, 0.1) is 0 Å². The number of nitrogens with zero attached hydrogens (tertiary/aromatic N) is 2. The Morgan fingerprint density at radius 1 is 1.18 bits per heavy atom. The minimum Gasteiger partial charge on any atom is -0.359 e. The minimum atomic E-state index is -0.482. The van der Waals surface area contributed by atoms with Crippen LogP contribution in [0.5, 0.6) is 0 Å². The Kier molecular flexibility index (Phi) is 2.52. The predicted octanol–water partition coefficient (Wildman–Crippen LogP) is 2.87. The van der Waals surface area contributed by atoms with Crippen LogP contribution in [0.2, 0.25) is 0 Å². The largest absolute Gasteiger partial charge is 0.359 e. The van der Waals surface area contributed by atoms with E-state index in [1.165, 1.54) is 0 Å². The van der Waals surface area contributed by atoms with E-state index in [4.69, 9.17) is 0 Å². The molecule has 3 heterocycles. The predicted molar refractivity (Wildman–Crippen MR) is 87.1 cm³/mol. The van der Waals surface area contributed by atoms with Crippen molar-refractivity contribution in [3.8, 4) is 0 Å². The number of benzene rings is 1. The highest BCUT2D eigenvalue weighted by molar-refractivity contribution is 6.08. The van der Waals surface area contributed by atoms with Gasteiger partial charge in [-0.15, -0.1) is 0 Å². The number of pyridine rings is 1. The van der Waals surface area contributed by atoms with Crippen molar-refractivity contribution in [2.45, 2.75) is 25.4 Å². The van der Waals surface area contributed by atoms with Gasteiger partial charge in [0.25, 0.3) is 0 Å². The van der Waals surface area contributed by atoms with Gasteiger partial charge in [0.05, 0.1) is 22.5 Å². The number of hydrogen-bond donors (Lipinski definition) is 2. The first kappa shape index (κ1) is 13.1. The lowest BCUT2D eigenvalue weighted by molar-refractivity contribution is -0.121. The van der Waals surface area contributed by atoms with Gasteiger partial charge in [0.15, 0.2) is 0 Å². The van der Waals surface area contributed by atoms with Crippen LogP contribution in [0.4, 0.5) is 17.1 Å². The van der Waals surface area contributed by atoms with E-state index in [2.05, 4.69) is 21.7 Å². The van der Waals surface area contributed by atoms with Crippen LogP contribution in [0.3, 0.4) is 0 Å². The van der Waals surface area contributed by atoms with Gasteiger partial charge >= 0.3 is 0 Å². The molecule has 1 atom stereocenters. The highest BCUT2D eigenvalue weighted by atomic mass is 16.2. The SMILES string of the molecule is CN1C(=O)C(C)(C)c2cc3c(cc21)NC(c1ccccn1)N3. The molecule has 2 N–H and O–H groups in total. The second kappa shape index (κ2) is 4.22. The smallest absolute Gasteiger partial charge is 0.236 e. The summed E-state index contributed by atoms with van der Waals surface area (Å²) in [6.07, 6.45) is 1.75. The van der Waals surface area contributed by atoms with E-state index in [0.717, 1.165) is 28.3 Å². The van der Waals surface area contributed by atoms with E-state index in [1.54, 1.807) is 11.1 Å². The van der Waals surface area contributed by atoms with Gasteiger partial charge in [0.2, 0.25) is 5.91 Å². The maximum Gasteiger partial charge on any atom is 0.236 e. The molecule has 2 aromatic rings. The van der Waals surface area contributed by atoms with E-state index in [9.17, 15) is 4.79 Å². The Hall–Kier alpha value is -2.56. The van der Waals surface area contributed by atoms with Gasteiger partial charge in [0.1, 0.15) is 6.17 Å². The molecular weight excluding hydrogens is 276 g/mol. The fourth-order valence-electron chi connectivity index (χ4n) is 3.29. The van der Waals surface area contributed by atoms with Gasteiger partial charge in [0, 0.05) is 18.9 Å². The van der Waals surface area contributed by atoms with E-state index >= 15 is 0 Å². The molecule has 1 amide bonds. The van der Waals surface area contributed by atoms with E-state index in [0.29, 0.717) is 0 Å². The lowest BCUT2D eigenvalue weighted by Gasteiger charge is -2.16. The molecule has 0 aliphatic carbocycles. The highest BCUT2D eigenvalue weighted by Crippen LogP contribution is 2.47. The van der Waals surface area contributed by atoms with Crippen LogP contribution in [0.1, 0.15) is 31.3 Å². The van der Waals surface area contributed by atoms with Crippen molar-refractivity contribution in [2.75, 3.05) is 22.6 Å². The van der Waals surface area contributed by atoms with E-state index < -0.39 is 5.41 Å². The quantitative estimate of drug-likeness (QED) is 0.849. The number of carbonyl (C=O) groups is 1. The van der Waals surface area contributed by atoms with Gasteiger partial charge in [-0.1, -0.05) is 6.07 Å². The van der Waals surface area contributed by atoms with Crippen molar-refractivity contribution in [3.63, 3.8) is 0 Å². The Morgan fingerprint density at radius 2 is 1.91 bits per heavy atom. The summed E-state index contributed by atoms with van der Waals surface area (Å²) < 4.78 is 0. The Labute approximate surface area is 129 Å². The summed E-state index contributed by atoms with van der Waals surface area (Å²) in [5.41, 5.74) is 4.53. The second-order valence-corrected chi connectivity index (χ2v) is 6.38. The lowest BCUT2D eigenvalue weighted by atomic mass is 9.86. The number of hydrogen-bond acceptors (Lipinski definition) is 4. The number of aromatic nitrogens is 1. The molecule has 1 aromatic heterocycles. The molecule has 0 fully saturated rings. The van der Waals surface area contributed by atoms with Crippen molar-refractivity contribution in [1.82, 2.24) is 4.98 Å². The monoisotopic (exact) mass is 294 g/mol. The van der Waals surface area contributed by atoms with Crippen molar-refractivity contribution < 1.29 is 4.79 Å². The Bertz CT molecular complexity index is 770. The molecule has 1 aromatic carbocycles. The molecule has 0 spiro atoms. The highest BCUT2D eigenvalue weighted by Gasteiger charge is 2.43. The summed E-state index contributed by atoms with van der Waals surface area (Å²) >= 11 is 0. The van der Waals surface area contributed by atoms with Crippen molar-refractivity contribution >= 4 is 23.0 Å². The van der Waals surface area contributed by atoms with Crippen LogP contribution in [0.25, 0.3) is 0 Å². The van der Waals surface area contributed by atoms with E-state index in [1.807, 2.05) is 45.2 Å². The topological polar surface area (TPSA) is 57.3 Å². The number of fused-ring (bicyclic) bond motifs is 2. The van der Waals surface area contributed by atoms with Gasteiger partial charge in [-0.3, -0.25) is 9.78 Å². The molecule has 2 aliphatic rings. The van der Waals surface area contributed by atoms with Crippen LogP contribution >= 0.6 is 0 Å². The van der Waals surface area contributed by atoms with Crippen molar-refractivity contribution in [1.29, 1.82) is 0 Å². The molecule has 2 aliphatic heterocycles. The summed E-state index contributed by atoms with van der Waals surface area (Å²) in [4.78, 5) is 18.5. The van der Waals surface area contributed by atoms with Crippen LogP contribution in [0.15, 0.2) is 36.5 Å². The molecular formula is C17H18N4O. The Balaban J connectivity index is 1.75. The second-order valence-electron chi connectivity index (χ2n) is 6.38. The molecule has 22 heavy (non-hydrogen) atoms. The molecule has 1 unspecified atom stereocenters. The van der Waals surface area contributed by atoms with Crippen molar-refractivity contribution in [3.05, 3.63) is 47.8 Å². The maximum atomic E-state index is 12.4. The average molecular weight is 294 g/mol. The van der Waals surface area contributed by atoms with Crippen molar-refractivity contribution in [2.24, 2.45) is 0 Å². The maximum absolute atomic E-state index is 12.4. The fourth-order valence-corrected chi connectivity index (χ4v) is 3.29. The summed E-state index contributed by atoms with van der Waals surface area (Å²) in [5.74, 6) is 0.132. The first-order chi connectivity index (χ1) is 10.5. The third kappa shape index (κ3) is 1.65. The summed E-state index contributed by atoms with van der Waals surface area (Å²) in [6.45, 7) is 3.95. The molecule has 4 rings (SSSR count). The first-order valence-electron chi connectivity index (χ1n) is 7.39. The summed E-state index contributed by atoms with van der Waals surface area (Å²) in [7, 11) is 1.83. The Morgan fingerprint density at radius 3 is 2.59 bits per heavy atom. The van der Waals surface area contributed by atoms with Gasteiger partial charge < -0.3 is 15.5 Å². The summed E-state index contributed by atoms with van der Waals surface area (Å²) in [6, 6.07) is 10.0.